The smallest absolute Gasteiger partial charge is 0.248 e. The lowest BCUT2D eigenvalue weighted by atomic mass is 10.2. The van der Waals surface area contributed by atoms with Crippen LogP contribution in [0.4, 0.5) is 0 Å². The minimum atomic E-state index is -3.82. The summed E-state index contributed by atoms with van der Waals surface area (Å²) in [6.07, 6.45) is 2.31. The largest absolute Gasteiger partial charge is 0.267 e. The first kappa shape index (κ1) is 17.4. The lowest BCUT2D eigenvalue weighted by Crippen LogP contribution is -2.23. The topological polar surface area (TPSA) is 85.2 Å². The maximum atomic E-state index is 12.5. The standard InChI is InChI=1S/C17H16N2O4S2/c20-24(21,18-13-15-7-3-1-4-8-15)17-11-12-19(14-17)25(22,23)16-9-5-2-6-10-16/h1-12,14,18H,13H2. The molecule has 0 aliphatic rings. The van der Waals surface area contributed by atoms with Crippen LogP contribution in [0.2, 0.25) is 0 Å². The van der Waals surface area contributed by atoms with Gasteiger partial charge in [-0.05, 0) is 23.8 Å². The lowest BCUT2D eigenvalue weighted by molar-refractivity contribution is 0.581. The van der Waals surface area contributed by atoms with Crippen molar-refractivity contribution in [2.24, 2.45) is 0 Å². The Morgan fingerprint density at radius 3 is 2.00 bits per heavy atom. The van der Waals surface area contributed by atoms with Gasteiger partial charge in [-0.3, -0.25) is 0 Å². The summed E-state index contributed by atoms with van der Waals surface area (Å²) < 4.78 is 53.1. The van der Waals surface area contributed by atoms with Crippen LogP contribution in [0.25, 0.3) is 0 Å². The molecule has 0 amide bonds. The number of hydrogen-bond donors (Lipinski definition) is 1. The molecular formula is C17H16N2O4S2. The van der Waals surface area contributed by atoms with Crippen LogP contribution in [-0.2, 0) is 26.6 Å². The summed E-state index contributed by atoms with van der Waals surface area (Å²) in [4.78, 5) is -0.0188. The zero-order valence-electron chi connectivity index (χ0n) is 13.1. The molecule has 130 valence electrons. The third-order valence-corrected chi connectivity index (χ3v) is 6.61. The third kappa shape index (κ3) is 3.81. The van der Waals surface area contributed by atoms with Crippen LogP contribution in [-0.4, -0.2) is 20.8 Å². The first-order valence-corrected chi connectivity index (χ1v) is 10.3. The van der Waals surface area contributed by atoms with Crippen molar-refractivity contribution in [3.63, 3.8) is 0 Å². The summed E-state index contributed by atoms with van der Waals surface area (Å²) in [5.74, 6) is 0. The molecule has 8 heteroatoms. The maximum Gasteiger partial charge on any atom is 0.267 e. The average Bonchev–Trinajstić information content (AvgIpc) is 3.14. The van der Waals surface area contributed by atoms with Gasteiger partial charge in [-0.1, -0.05) is 48.5 Å². The molecule has 3 rings (SSSR count). The molecule has 1 aromatic heterocycles. The van der Waals surface area contributed by atoms with Crippen molar-refractivity contribution in [2.45, 2.75) is 16.3 Å². The molecule has 3 aromatic rings. The molecule has 0 spiro atoms. The van der Waals surface area contributed by atoms with Crippen molar-refractivity contribution in [3.8, 4) is 0 Å². The Morgan fingerprint density at radius 2 is 1.36 bits per heavy atom. The van der Waals surface area contributed by atoms with Crippen LogP contribution >= 0.6 is 0 Å². The van der Waals surface area contributed by atoms with Crippen LogP contribution in [0.5, 0.6) is 0 Å². The predicted molar refractivity (Wildman–Crippen MR) is 93.9 cm³/mol. The fourth-order valence-electron chi connectivity index (χ4n) is 2.24. The van der Waals surface area contributed by atoms with Crippen molar-refractivity contribution < 1.29 is 16.8 Å². The van der Waals surface area contributed by atoms with E-state index in [9.17, 15) is 16.8 Å². The van der Waals surface area contributed by atoms with Crippen molar-refractivity contribution in [1.29, 1.82) is 0 Å². The average molecular weight is 376 g/mol. The van der Waals surface area contributed by atoms with Gasteiger partial charge in [0, 0.05) is 18.9 Å². The van der Waals surface area contributed by atoms with Gasteiger partial charge in [0.1, 0.15) is 4.90 Å². The van der Waals surface area contributed by atoms with Gasteiger partial charge in [0.05, 0.1) is 4.90 Å². The molecule has 0 bridgehead atoms. The quantitative estimate of drug-likeness (QED) is 0.715. The number of nitrogens with zero attached hydrogens (tertiary/aromatic N) is 1. The second-order valence-corrected chi connectivity index (χ2v) is 8.92. The predicted octanol–water partition coefficient (Wildman–Crippen LogP) is 2.20. The van der Waals surface area contributed by atoms with E-state index < -0.39 is 20.0 Å². The molecule has 0 atom stereocenters. The summed E-state index contributed by atoms with van der Waals surface area (Å²) in [6, 6.07) is 18.2. The molecule has 0 saturated carbocycles. The van der Waals surface area contributed by atoms with Crippen LogP contribution in [0.1, 0.15) is 5.56 Å². The number of benzene rings is 2. The van der Waals surface area contributed by atoms with Gasteiger partial charge in [-0.2, -0.15) is 0 Å². The molecule has 0 unspecified atom stereocenters. The first-order valence-electron chi connectivity index (χ1n) is 7.42. The number of sulfonamides is 1. The molecule has 2 aromatic carbocycles. The van der Waals surface area contributed by atoms with Gasteiger partial charge in [0.25, 0.3) is 10.0 Å². The summed E-state index contributed by atoms with van der Waals surface area (Å²) in [6.45, 7) is 0.125. The van der Waals surface area contributed by atoms with E-state index in [1.54, 1.807) is 30.3 Å². The molecule has 0 saturated heterocycles. The minimum Gasteiger partial charge on any atom is -0.248 e. The summed E-state index contributed by atoms with van der Waals surface area (Å²) in [7, 11) is -7.64. The van der Waals surface area contributed by atoms with Crippen LogP contribution in [0, 0.1) is 0 Å². The fourth-order valence-corrected chi connectivity index (χ4v) is 4.54. The van der Waals surface area contributed by atoms with Crippen LogP contribution in [0.15, 0.2) is 88.9 Å². The van der Waals surface area contributed by atoms with Crippen molar-refractivity contribution in [2.75, 3.05) is 0 Å². The zero-order valence-corrected chi connectivity index (χ0v) is 14.7. The molecule has 1 N–H and O–H groups in total. The minimum absolute atomic E-state index is 0.0896. The number of rotatable bonds is 6. The van der Waals surface area contributed by atoms with E-state index in [0.717, 1.165) is 15.7 Å². The van der Waals surface area contributed by atoms with E-state index in [-0.39, 0.29) is 16.3 Å². The van der Waals surface area contributed by atoms with Crippen molar-refractivity contribution >= 4 is 20.0 Å². The summed E-state index contributed by atoms with van der Waals surface area (Å²) >= 11 is 0. The van der Waals surface area contributed by atoms with E-state index in [1.165, 1.54) is 24.4 Å². The normalized spacial score (nSPS) is 12.2. The van der Waals surface area contributed by atoms with Crippen LogP contribution < -0.4 is 4.72 Å². The Bertz CT molecular complexity index is 1060. The first-order chi connectivity index (χ1) is 11.9. The summed E-state index contributed by atoms with van der Waals surface area (Å²) in [5.41, 5.74) is 0.808. The summed E-state index contributed by atoms with van der Waals surface area (Å²) in [5, 5.41) is 0. The SMILES string of the molecule is O=S(=O)(NCc1ccccc1)c1ccn(S(=O)(=O)c2ccccc2)c1. The zero-order chi connectivity index (χ0) is 17.9. The van der Waals surface area contributed by atoms with Gasteiger partial charge in [0.15, 0.2) is 0 Å². The second kappa shape index (κ2) is 6.83. The monoisotopic (exact) mass is 376 g/mol. The van der Waals surface area contributed by atoms with Crippen molar-refractivity contribution in [1.82, 2.24) is 8.69 Å². The third-order valence-electron chi connectivity index (χ3n) is 3.58. The number of hydrogen-bond acceptors (Lipinski definition) is 4. The van der Waals surface area contributed by atoms with E-state index in [1.807, 2.05) is 18.2 Å². The van der Waals surface area contributed by atoms with Gasteiger partial charge in [-0.25, -0.2) is 25.5 Å². The fraction of sp³-hybridized carbons (Fsp3) is 0.0588. The van der Waals surface area contributed by atoms with Gasteiger partial charge in [0.2, 0.25) is 10.0 Å². The van der Waals surface area contributed by atoms with Gasteiger partial charge < -0.3 is 0 Å². The van der Waals surface area contributed by atoms with E-state index in [4.69, 9.17) is 0 Å². The highest BCUT2D eigenvalue weighted by Crippen LogP contribution is 2.17. The molecule has 25 heavy (non-hydrogen) atoms. The van der Waals surface area contributed by atoms with E-state index in [2.05, 4.69) is 4.72 Å². The highest BCUT2D eigenvalue weighted by atomic mass is 32.2. The molecule has 0 radical (unpaired) electrons. The van der Waals surface area contributed by atoms with Crippen LogP contribution in [0.3, 0.4) is 0 Å². The maximum absolute atomic E-state index is 12.5. The Balaban J connectivity index is 1.83. The molecule has 0 aliphatic carbocycles. The lowest BCUT2D eigenvalue weighted by Gasteiger charge is -2.06. The van der Waals surface area contributed by atoms with E-state index >= 15 is 0 Å². The second-order valence-electron chi connectivity index (χ2n) is 5.31. The van der Waals surface area contributed by atoms with Crippen molar-refractivity contribution in [3.05, 3.63) is 84.7 Å². The Labute approximate surface area is 146 Å². The highest BCUT2D eigenvalue weighted by Gasteiger charge is 2.21. The molecule has 1 heterocycles. The number of aromatic nitrogens is 1. The number of nitrogens with one attached hydrogen (secondary N) is 1. The Hall–Kier alpha value is -2.42. The van der Waals surface area contributed by atoms with Gasteiger partial charge in [-0.15, -0.1) is 0 Å². The Morgan fingerprint density at radius 1 is 0.760 bits per heavy atom. The molecule has 6 nitrogen and oxygen atoms in total. The Kier molecular flexibility index (Phi) is 4.76. The van der Waals surface area contributed by atoms with Gasteiger partial charge >= 0.3 is 0 Å². The highest BCUT2D eigenvalue weighted by molar-refractivity contribution is 7.90. The molecular weight excluding hydrogens is 360 g/mol. The van der Waals surface area contributed by atoms with E-state index in [0.29, 0.717) is 0 Å². The molecule has 0 fully saturated rings. The molecule has 0 aliphatic heterocycles.